The molecule has 2 atom stereocenters. The molecule has 3 aliphatic rings. The van der Waals surface area contributed by atoms with Gasteiger partial charge in [-0.15, -0.1) is 0 Å². The number of hydrogen-bond acceptors (Lipinski definition) is 5. The normalized spacial score (nSPS) is 23.3. The molecule has 1 aromatic carbocycles. The number of carbonyl (C=O) groups is 3. The van der Waals surface area contributed by atoms with E-state index in [9.17, 15) is 14.4 Å². The summed E-state index contributed by atoms with van der Waals surface area (Å²) >= 11 is 0. The zero-order chi connectivity index (χ0) is 18.8. The molecular weight excluding hydrogens is 348 g/mol. The molecule has 0 spiro atoms. The molecule has 0 aromatic heterocycles. The molecule has 1 aliphatic carbocycles. The first kappa shape index (κ1) is 17.6. The van der Waals surface area contributed by atoms with Crippen LogP contribution in [0.15, 0.2) is 30.4 Å². The number of fused-ring (bicyclic) bond motifs is 2. The van der Waals surface area contributed by atoms with Crippen molar-refractivity contribution in [1.82, 2.24) is 4.90 Å². The van der Waals surface area contributed by atoms with E-state index in [4.69, 9.17) is 9.47 Å². The number of imide groups is 1. The number of hydrogen-bond donors (Lipinski definition) is 1. The summed E-state index contributed by atoms with van der Waals surface area (Å²) in [4.78, 5) is 38.3. The highest BCUT2D eigenvalue weighted by atomic mass is 16.6. The number of rotatable bonds is 5. The molecule has 0 unspecified atom stereocenters. The molecule has 0 saturated carbocycles. The van der Waals surface area contributed by atoms with Crippen molar-refractivity contribution < 1.29 is 23.9 Å². The highest BCUT2D eigenvalue weighted by molar-refractivity contribution is 6.05. The summed E-state index contributed by atoms with van der Waals surface area (Å²) in [6.07, 6.45) is 5.89. The molecular formula is C20H22N2O5. The fourth-order valence-corrected chi connectivity index (χ4v) is 3.83. The lowest BCUT2D eigenvalue weighted by molar-refractivity contribution is -0.140. The summed E-state index contributed by atoms with van der Waals surface area (Å²) in [7, 11) is 0. The van der Waals surface area contributed by atoms with Crippen molar-refractivity contribution in [3.8, 4) is 11.5 Å². The first-order chi connectivity index (χ1) is 13.1. The smallest absolute Gasteiger partial charge is 0.233 e. The summed E-state index contributed by atoms with van der Waals surface area (Å²) in [5.74, 6) is 0.501. The molecule has 2 aliphatic heterocycles. The largest absolute Gasteiger partial charge is 0.486 e. The summed E-state index contributed by atoms with van der Waals surface area (Å²) in [6, 6.07) is 5.26. The van der Waals surface area contributed by atoms with Crippen molar-refractivity contribution in [3.63, 3.8) is 0 Å². The van der Waals surface area contributed by atoms with Gasteiger partial charge in [0, 0.05) is 24.7 Å². The number of nitrogens with one attached hydrogen (secondary N) is 1. The lowest BCUT2D eigenvalue weighted by Gasteiger charge is -2.19. The summed E-state index contributed by atoms with van der Waals surface area (Å²) in [5.41, 5.74) is 0.634. The minimum absolute atomic E-state index is 0.0957. The van der Waals surface area contributed by atoms with Crippen molar-refractivity contribution >= 4 is 23.4 Å². The fourth-order valence-electron chi connectivity index (χ4n) is 3.83. The highest BCUT2D eigenvalue weighted by Crippen LogP contribution is 2.35. The summed E-state index contributed by atoms with van der Waals surface area (Å²) < 4.78 is 11.0. The van der Waals surface area contributed by atoms with E-state index in [1.54, 1.807) is 18.2 Å². The van der Waals surface area contributed by atoms with Gasteiger partial charge in [-0.1, -0.05) is 12.2 Å². The van der Waals surface area contributed by atoms with Crippen molar-refractivity contribution in [1.29, 1.82) is 0 Å². The molecule has 0 bridgehead atoms. The Balaban J connectivity index is 1.27. The number of carbonyl (C=O) groups excluding carboxylic acids is 3. The molecule has 1 N–H and O–H groups in total. The monoisotopic (exact) mass is 370 g/mol. The molecule has 1 fully saturated rings. The number of ether oxygens (including phenoxy) is 2. The average Bonchev–Trinajstić information content (AvgIpc) is 2.93. The molecule has 4 rings (SSSR count). The van der Waals surface area contributed by atoms with Gasteiger partial charge in [-0.3, -0.25) is 19.3 Å². The van der Waals surface area contributed by atoms with Gasteiger partial charge in [0.2, 0.25) is 17.7 Å². The second-order valence-electron chi connectivity index (χ2n) is 6.99. The van der Waals surface area contributed by atoms with Gasteiger partial charge in [0.25, 0.3) is 0 Å². The van der Waals surface area contributed by atoms with E-state index < -0.39 is 0 Å². The van der Waals surface area contributed by atoms with Gasteiger partial charge in [-0.2, -0.15) is 0 Å². The predicted molar refractivity (Wildman–Crippen MR) is 97.4 cm³/mol. The Bertz CT molecular complexity index is 778. The van der Waals surface area contributed by atoms with E-state index in [0.717, 1.165) is 0 Å². The van der Waals surface area contributed by atoms with Crippen LogP contribution in [0.25, 0.3) is 0 Å². The van der Waals surface area contributed by atoms with Crippen LogP contribution in [-0.2, 0) is 14.4 Å². The van der Waals surface area contributed by atoms with Crippen LogP contribution in [-0.4, -0.2) is 42.4 Å². The SMILES string of the molecule is O=C(CCCN1C(=O)[C@H]2CC=CC[C@@H]2C1=O)Nc1ccc2c(c1)OCCO2. The van der Waals surface area contributed by atoms with E-state index in [0.29, 0.717) is 56.2 Å². The third-order valence-corrected chi connectivity index (χ3v) is 5.21. The molecule has 2 heterocycles. The Labute approximate surface area is 157 Å². The molecule has 0 radical (unpaired) electrons. The predicted octanol–water partition coefficient (Wildman–Crippen LogP) is 2.13. The van der Waals surface area contributed by atoms with Crippen LogP contribution in [0.2, 0.25) is 0 Å². The van der Waals surface area contributed by atoms with Crippen LogP contribution in [0, 0.1) is 11.8 Å². The quantitative estimate of drug-likeness (QED) is 0.634. The third kappa shape index (κ3) is 3.54. The van der Waals surface area contributed by atoms with Crippen LogP contribution in [0.3, 0.4) is 0 Å². The number of likely N-dealkylation sites (tertiary alicyclic amines) is 1. The molecule has 142 valence electrons. The maximum atomic E-state index is 12.4. The second kappa shape index (κ2) is 7.42. The second-order valence-corrected chi connectivity index (χ2v) is 6.99. The van der Waals surface area contributed by atoms with E-state index in [1.807, 2.05) is 12.2 Å². The first-order valence-electron chi connectivity index (χ1n) is 9.33. The van der Waals surface area contributed by atoms with E-state index >= 15 is 0 Å². The lowest BCUT2D eigenvalue weighted by Crippen LogP contribution is -2.32. The van der Waals surface area contributed by atoms with Crippen molar-refractivity contribution in [2.24, 2.45) is 11.8 Å². The van der Waals surface area contributed by atoms with Crippen LogP contribution in [0.1, 0.15) is 25.7 Å². The Morgan fingerprint density at radius 2 is 1.70 bits per heavy atom. The van der Waals surface area contributed by atoms with Gasteiger partial charge < -0.3 is 14.8 Å². The third-order valence-electron chi connectivity index (χ3n) is 5.21. The summed E-state index contributed by atoms with van der Waals surface area (Å²) in [6.45, 7) is 1.30. The average molecular weight is 370 g/mol. The molecule has 3 amide bonds. The van der Waals surface area contributed by atoms with E-state index in [1.165, 1.54) is 4.90 Å². The number of benzene rings is 1. The fraction of sp³-hybridized carbons (Fsp3) is 0.450. The van der Waals surface area contributed by atoms with Crippen molar-refractivity contribution in [2.75, 3.05) is 25.1 Å². The van der Waals surface area contributed by atoms with Crippen molar-refractivity contribution in [3.05, 3.63) is 30.4 Å². The number of nitrogens with zero attached hydrogens (tertiary/aromatic N) is 1. The van der Waals surface area contributed by atoms with Crippen LogP contribution >= 0.6 is 0 Å². The van der Waals surface area contributed by atoms with Crippen LogP contribution in [0.4, 0.5) is 5.69 Å². The number of allylic oxidation sites excluding steroid dienone is 2. The van der Waals surface area contributed by atoms with Gasteiger partial charge in [-0.05, 0) is 31.4 Å². The van der Waals surface area contributed by atoms with Gasteiger partial charge in [-0.25, -0.2) is 0 Å². The van der Waals surface area contributed by atoms with Gasteiger partial charge in [0.15, 0.2) is 11.5 Å². The minimum Gasteiger partial charge on any atom is -0.486 e. The Hall–Kier alpha value is -2.83. The zero-order valence-electron chi connectivity index (χ0n) is 15.0. The highest BCUT2D eigenvalue weighted by Gasteiger charge is 2.46. The topological polar surface area (TPSA) is 84.9 Å². The van der Waals surface area contributed by atoms with Gasteiger partial charge >= 0.3 is 0 Å². The number of amides is 3. The first-order valence-corrected chi connectivity index (χ1v) is 9.33. The maximum absolute atomic E-state index is 12.4. The van der Waals surface area contributed by atoms with Crippen LogP contribution < -0.4 is 14.8 Å². The molecule has 27 heavy (non-hydrogen) atoms. The lowest BCUT2D eigenvalue weighted by atomic mass is 9.85. The molecule has 7 heteroatoms. The Morgan fingerprint density at radius 1 is 1.04 bits per heavy atom. The van der Waals surface area contributed by atoms with E-state index in [-0.39, 0.29) is 36.0 Å². The number of anilines is 1. The summed E-state index contributed by atoms with van der Waals surface area (Å²) in [5, 5.41) is 2.82. The Morgan fingerprint density at radius 3 is 2.41 bits per heavy atom. The van der Waals surface area contributed by atoms with Crippen molar-refractivity contribution in [2.45, 2.75) is 25.7 Å². The molecule has 1 saturated heterocycles. The minimum atomic E-state index is -0.214. The standard InChI is InChI=1S/C20H22N2O5/c23-18(21-13-7-8-16-17(12-13)27-11-10-26-16)6-3-9-22-19(24)14-4-1-2-5-15(14)20(22)25/h1-2,7-8,12,14-15H,3-6,9-11H2,(H,21,23)/t14-,15-/m0/s1. The van der Waals surface area contributed by atoms with Crippen LogP contribution in [0.5, 0.6) is 11.5 Å². The van der Waals surface area contributed by atoms with Gasteiger partial charge in [0.05, 0.1) is 11.8 Å². The maximum Gasteiger partial charge on any atom is 0.233 e. The van der Waals surface area contributed by atoms with E-state index in [2.05, 4.69) is 5.32 Å². The zero-order valence-corrected chi connectivity index (χ0v) is 15.0. The Kier molecular flexibility index (Phi) is 4.83. The molecule has 7 nitrogen and oxygen atoms in total. The van der Waals surface area contributed by atoms with Gasteiger partial charge in [0.1, 0.15) is 13.2 Å². The molecule has 1 aromatic rings.